The Labute approximate surface area is 222 Å². The van der Waals surface area contributed by atoms with E-state index in [0.717, 1.165) is 48.8 Å². The Kier molecular flexibility index (Phi) is 10.1. The Bertz CT molecular complexity index is 1160. The van der Waals surface area contributed by atoms with Gasteiger partial charge in [0.1, 0.15) is 6.04 Å². The summed E-state index contributed by atoms with van der Waals surface area (Å²) in [4.78, 5) is 28.2. The van der Waals surface area contributed by atoms with E-state index in [9.17, 15) is 18.0 Å². The zero-order valence-electron chi connectivity index (χ0n) is 22.6. The normalized spacial score (nSPS) is 14.8. The summed E-state index contributed by atoms with van der Waals surface area (Å²) < 4.78 is 26.4. The third kappa shape index (κ3) is 8.06. The highest BCUT2D eigenvalue weighted by Crippen LogP contribution is 2.21. The summed E-state index contributed by atoms with van der Waals surface area (Å²) in [5.74, 6) is -0.297. The molecule has 1 atom stereocenters. The third-order valence-corrected chi connectivity index (χ3v) is 8.45. The van der Waals surface area contributed by atoms with Crippen LogP contribution in [0.15, 0.2) is 48.5 Å². The molecule has 0 heterocycles. The average molecular weight is 528 g/mol. The highest BCUT2D eigenvalue weighted by atomic mass is 32.2. The first-order valence-corrected chi connectivity index (χ1v) is 15.2. The van der Waals surface area contributed by atoms with Crippen molar-refractivity contribution in [1.82, 2.24) is 10.2 Å². The molecule has 0 aliphatic heterocycles. The first kappa shape index (κ1) is 28.7. The van der Waals surface area contributed by atoms with Crippen LogP contribution >= 0.6 is 0 Å². The molecular weight excluding hydrogens is 486 g/mol. The van der Waals surface area contributed by atoms with Gasteiger partial charge in [-0.25, -0.2) is 8.42 Å². The van der Waals surface area contributed by atoms with E-state index in [0.29, 0.717) is 18.7 Å². The molecule has 1 N–H and O–H groups in total. The zero-order valence-corrected chi connectivity index (χ0v) is 23.4. The minimum absolute atomic E-state index is 0.136. The first-order chi connectivity index (χ1) is 17.6. The van der Waals surface area contributed by atoms with Gasteiger partial charge < -0.3 is 10.2 Å². The van der Waals surface area contributed by atoms with Gasteiger partial charge in [0.25, 0.3) is 0 Å². The molecule has 2 aromatic carbocycles. The predicted molar refractivity (Wildman–Crippen MR) is 149 cm³/mol. The van der Waals surface area contributed by atoms with Crippen molar-refractivity contribution in [3.63, 3.8) is 0 Å². The van der Waals surface area contributed by atoms with E-state index in [4.69, 9.17) is 0 Å². The Morgan fingerprint density at radius 2 is 1.70 bits per heavy atom. The van der Waals surface area contributed by atoms with E-state index in [1.165, 1.54) is 10.6 Å². The van der Waals surface area contributed by atoms with E-state index in [1.807, 2.05) is 62.4 Å². The molecule has 0 saturated heterocycles. The molecule has 2 amide bonds. The molecule has 1 saturated carbocycles. The van der Waals surface area contributed by atoms with Gasteiger partial charge in [-0.3, -0.25) is 13.9 Å². The van der Waals surface area contributed by atoms with Crippen LogP contribution in [0.4, 0.5) is 5.69 Å². The van der Waals surface area contributed by atoms with Crippen LogP contribution in [0.5, 0.6) is 0 Å². The van der Waals surface area contributed by atoms with Crippen LogP contribution in [-0.2, 0) is 32.6 Å². The van der Waals surface area contributed by atoms with Crippen molar-refractivity contribution >= 4 is 27.5 Å². The summed E-state index contributed by atoms with van der Waals surface area (Å²) in [6.07, 6.45) is 6.73. The fraction of sp³-hybridized carbons (Fsp3) is 0.517. The number of amides is 2. The maximum absolute atomic E-state index is 13.5. The largest absolute Gasteiger partial charge is 0.352 e. The van der Waals surface area contributed by atoms with Crippen molar-refractivity contribution in [1.29, 1.82) is 0 Å². The molecule has 3 rings (SSSR count). The lowest BCUT2D eigenvalue weighted by atomic mass is 10.1. The Morgan fingerprint density at radius 3 is 2.30 bits per heavy atom. The van der Waals surface area contributed by atoms with Gasteiger partial charge in [-0.05, 0) is 68.4 Å². The molecule has 0 radical (unpaired) electrons. The van der Waals surface area contributed by atoms with Crippen LogP contribution in [0.1, 0.15) is 69.1 Å². The standard InChI is InChI=1S/C29H41N3O4S/c1-5-24-16-18-27(19-17-24)32(37(4,35)36)20-10-15-28(33)31(21-25-12-7-6-11-22(25)2)23(3)29(34)30-26-13-8-9-14-26/h6-7,11-12,16-19,23,26H,5,8-10,13-15,20-21H2,1-4H3,(H,30,34)/t23-/m0/s1. The summed E-state index contributed by atoms with van der Waals surface area (Å²) in [6, 6.07) is 14.9. The number of hydrogen-bond acceptors (Lipinski definition) is 4. The van der Waals surface area contributed by atoms with Gasteiger partial charge in [-0.2, -0.15) is 0 Å². The van der Waals surface area contributed by atoms with Gasteiger partial charge in [0.2, 0.25) is 21.8 Å². The number of benzene rings is 2. The summed E-state index contributed by atoms with van der Waals surface area (Å²) in [5.41, 5.74) is 3.77. The zero-order chi connectivity index (χ0) is 27.0. The second-order valence-corrected chi connectivity index (χ2v) is 12.0. The molecule has 8 heteroatoms. The second kappa shape index (κ2) is 13.1. The van der Waals surface area contributed by atoms with Crippen molar-refractivity contribution in [3.8, 4) is 0 Å². The summed E-state index contributed by atoms with van der Waals surface area (Å²) in [6.45, 7) is 6.34. The lowest BCUT2D eigenvalue weighted by molar-refractivity contribution is -0.141. The van der Waals surface area contributed by atoms with E-state index >= 15 is 0 Å². The topological polar surface area (TPSA) is 86.8 Å². The number of anilines is 1. The van der Waals surface area contributed by atoms with E-state index < -0.39 is 16.1 Å². The smallest absolute Gasteiger partial charge is 0.242 e. The quantitative estimate of drug-likeness (QED) is 0.438. The molecule has 0 bridgehead atoms. The van der Waals surface area contributed by atoms with Gasteiger partial charge in [0, 0.05) is 25.6 Å². The van der Waals surface area contributed by atoms with E-state index in [-0.39, 0.29) is 30.8 Å². The van der Waals surface area contributed by atoms with Crippen molar-refractivity contribution in [2.24, 2.45) is 0 Å². The van der Waals surface area contributed by atoms with Crippen molar-refractivity contribution < 1.29 is 18.0 Å². The second-order valence-electron chi connectivity index (χ2n) is 10.1. The number of hydrogen-bond donors (Lipinski definition) is 1. The molecular formula is C29H41N3O4S. The van der Waals surface area contributed by atoms with Crippen LogP contribution in [0.25, 0.3) is 0 Å². The van der Waals surface area contributed by atoms with Crippen molar-refractivity contribution in [2.75, 3.05) is 17.1 Å². The Balaban J connectivity index is 1.72. The Morgan fingerprint density at radius 1 is 1.05 bits per heavy atom. The van der Waals surface area contributed by atoms with Crippen molar-refractivity contribution in [3.05, 3.63) is 65.2 Å². The molecule has 1 aliphatic carbocycles. The first-order valence-electron chi connectivity index (χ1n) is 13.3. The van der Waals surface area contributed by atoms with E-state index in [2.05, 4.69) is 5.32 Å². The molecule has 0 spiro atoms. The number of carbonyl (C=O) groups excluding carboxylic acids is 2. The molecule has 7 nitrogen and oxygen atoms in total. The van der Waals surface area contributed by atoms with E-state index in [1.54, 1.807) is 11.8 Å². The van der Waals surface area contributed by atoms with Gasteiger partial charge in [0.15, 0.2) is 0 Å². The fourth-order valence-corrected chi connectivity index (χ4v) is 5.81. The summed E-state index contributed by atoms with van der Waals surface area (Å²) in [7, 11) is -3.51. The number of nitrogens with one attached hydrogen (secondary N) is 1. The van der Waals surface area contributed by atoms with Crippen LogP contribution in [-0.4, -0.2) is 50.0 Å². The van der Waals surface area contributed by atoms with Crippen molar-refractivity contribution in [2.45, 2.75) is 84.3 Å². The lowest BCUT2D eigenvalue weighted by Crippen LogP contribution is -2.49. The highest BCUT2D eigenvalue weighted by molar-refractivity contribution is 7.92. The number of sulfonamides is 1. The highest BCUT2D eigenvalue weighted by Gasteiger charge is 2.29. The molecule has 2 aromatic rings. The molecule has 0 unspecified atom stereocenters. The SMILES string of the molecule is CCc1ccc(N(CCCC(=O)N(Cc2ccccc2C)[C@@H](C)C(=O)NC2CCCC2)S(C)(=O)=O)cc1. The molecule has 37 heavy (non-hydrogen) atoms. The maximum Gasteiger partial charge on any atom is 0.242 e. The van der Waals surface area contributed by atoms with Crippen LogP contribution in [0.2, 0.25) is 0 Å². The fourth-order valence-electron chi connectivity index (χ4n) is 4.85. The van der Waals surface area contributed by atoms with Crippen LogP contribution < -0.4 is 9.62 Å². The van der Waals surface area contributed by atoms with Crippen LogP contribution in [0, 0.1) is 6.92 Å². The lowest BCUT2D eigenvalue weighted by Gasteiger charge is -2.30. The predicted octanol–water partition coefficient (Wildman–Crippen LogP) is 4.58. The third-order valence-electron chi connectivity index (χ3n) is 7.26. The Hall–Kier alpha value is -2.87. The van der Waals surface area contributed by atoms with Crippen LogP contribution in [0.3, 0.4) is 0 Å². The van der Waals surface area contributed by atoms with Gasteiger partial charge >= 0.3 is 0 Å². The number of aryl methyl sites for hydroxylation is 2. The average Bonchev–Trinajstić information content (AvgIpc) is 3.38. The maximum atomic E-state index is 13.5. The van der Waals surface area contributed by atoms with Gasteiger partial charge in [-0.1, -0.05) is 56.2 Å². The molecule has 1 fully saturated rings. The molecule has 202 valence electrons. The number of rotatable bonds is 12. The van der Waals surface area contributed by atoms with Gasteiger partial charge in [-0.15, -0.1) is 0 Å². The number of carbonyl (C=O) groups is 2. The minimum Gasteiger partial charge on any atom is -0.352 e. The minimum atomic E-state index is -3.51. The molecule has 0 aromatic heterocycles. The summed E-state index contributed by atoms with van der Waals surface area (Å²) in [5, 5.41) is 3.12. The van der Waals surface area contributed by atoms with Gasteiger partial charge in [0.05, 0.1) is 11.9 Å². The summed E-state index contributed by atoms with van der Waals surface area (Å²) >= 11 is 0. The molecule has 1 aliphatic rings. The monoisotopic (exact) mass is 527 g/mol. The number of nitrogens with zero attached hydrogens (tertiary/aromatic N) is 2.